The van der Waals surface area contributed by atoms with Crippen LogP contribution in [-0.2, 0) is 11.2 Å². The van der Waals surface area contributed by atoms with E-state index in [0.29, 0.717) is 24.6 Å². The van der Waals surface area contributed by atoms with E-state index < -0.39 is 6.09 Å². The summed E-state index contributed by atoms with van der Waals surface area (Å²) in [5.74, 6) is 0.327. The summed E-state index contributed by atoms with van der Waals surface area (Å²) < 4.78 is 5.00. The van der Waals surface area contributed by atoms with E-state index in [9.17, 15) is 4.79 Å². The Morgan fingerprint density at radius 3 is 2.53 bits per heavy atom. The molecule has 0 saturated heterocycles. The molecule has 0 aliphatic rings. The summed E-state index contributed by atoms with van der Waals surface area (Å²) in [6.45, 7) is 4.51. The first-order valence-corrected chi connectivity index (χ1v) is 5.75. The van der Waals surface area contributed by atoms with Crippen molar-refractivity contribution in [1.29, 1.82) is 0 Å². The highest BCUT2D eigenvalue weighted by atomic mass is 16.5. The maximum Gasteiger partial charge on any atom is 0.411 e. The van der Waals surface area contributed by atoms with Crippen LogP contribution in [0.15, 0.2) is 24.3 Å². The van der Waals surface area contributed by atoms with Gasteiger partial charge < -0.3 is 9.84 Å². The predicted molar refractivity (Wildman–Crippen MR) is 67.0 cm³/mol. The van der Waals surface area contributed by atoms with Crippen LogP contribution >= 0.6 is 0 Å². The summed E-state index contributed by atoms with van der Waals surface area (Å²) in [7, 11) is 0. The number of benzene rings is 1. The number of aliphatic hydroxyl groups excluding tert-OH is 1. The standard InChI is InChI=1S/C13H19NO3/c1-10(2)9-17-13(16)14-12-5-3-11(4-6-12)7-8-15/h3-6,10,15H,7-9H2,1-2H3,(H,14,16). The Labute approximate surface area is 102 Å². The molecular formula is C13H19NO3. The molecule has 0 atom stereocenters. The van der Waals surface area contributed by atoms with Gasteiger partial charge in [0.15, 0.2) is 0 Å². The van der Waals surface area contributed by atoms with Gasteiger partial charge in [-0.1, -0.05) is 26.0 Å². The highest BCUT2D eigenvalue weighted by Gasteiger charge is 2.04. The van der Waals surface area contributed by atoms with Gasteiger partial charge in [0, 0.05) is 12.3 Å². The van der Waals surface area contributed by atoms with Crippen LogP contribution in [0.3, 0.4) is 0 Å². The second-order valence-electron chi connectivity index (χ2n) is 4.29. The fraction of sp³-hybridized carbons (Fsp3) is 0.462. The average Bonchev–Trinajstić information content (AvgIpc) is 2.29. The lowest BCUT2D eigenvalue weighted by atomic mass is 10.1. The number of anilines is 1. The fourth-order valence-corrected chi connectivity index (χ4v) is 1.28. The van der Waals surface area contributed by atoms with E-state index >= 15 is 0 Å². The molecule has 0 spiro atoms. The van der Waals surface area contributed by atoms with Crippen molar-refractivity contribution < 1.29 is 14.6 Å². The number of rotatable bonds is 5. The van der Waals surface area contributed by atoms with Crippen molar-refractivity contribution >= 4 is 11.8 Å². The van der Waals surface area contributed by atoms with Gasteiger partial charge in [0.05, 0.1) is 6.61 Å². The van der Waals surface area contributed by atoms with Crippen molar-refractivity contribution in [1.82, 2.24) is 0 Å². The first kappa shape index (κ1) is 13.5. The maximum absolute atomic E-state index is 11.4. The van der Waals surface area contributed by atoms with Gasteiger partial charge in [-0.05, 0) is 30.0 Å². The Kier molecular flexibility index (Phi) is 5.49. The molecule has 0 fully saturated rings. The van der Waals surface area contributed by atoms with Crippen LogP contribution in [-0.4, -0.2) is 24.4 Å². The predicted octanol–water partition coefficient (Wildman–Crippen LogP) is 2.43. The minimum absolute atomic E-state index is 0.128. The minimum Gasteiger partial charge on any atom is -0.449 e. The molecule has 1 aromatic carbocycles. The molecule has 1 aromatic rings. The number of amides is 1. The average molecular weight is 237 g/mol. The summed E-state index contributed by atoms with van der Waals surface area (Å²) in [6, 6.07) is 7.33. The number of nitrogens with one attached hydrogen (secondary N) is 1. The quantitative estimate of drug-likeness (QED) is 0.826. The molecule has 4 heteroatoms. The zero-order chi connectivity index (χ0) is 12.7. The third-order valence-corrected chi connectivity index (χ3v) is 2.15. The van der Waals surface area contributed by atoms with Crippen LogP contribution in [0.5, 0.6) is 0 Å². The number of carbonyl (C=O) groups is 1. The van der Waals surface area contributed by atoms with Crippen molar-refractivity contribution in [3.05, 3.63) is 29.8 Å². The molecule has 0 aromatic heterocycles. The monoisotopic (exact) mass is 237 g/mol. The molecule has 0 heterocycles. The Bertz CT molecular complexity index is 346. The molecule has 0 aliphatic carbocycles. The Morgan fingerprint density at radius 2 is 2.00 bits per heavy atom. The molecule has 94 valence electrons. The van der Waals surface area contributed by atoms with Crippen molar-refractivity contribution in [2.75, 3.05) is 18.5 Å². The molecular weight excluding hydrogens is 218 g/mol. The largest absolute Gasteiger partial charge is 0.449 e. The highest BCUT2D eigenvalue weighted by molar-refractivity contribution is 5.84. The summed E-state index contributed by atoms with van der Waals surface area (Å²) in [5.41, 5.74) is 1.73. The van der Waals surface area contributed by atoms with Crippen molar-refractivity contribution in [3.63, 3.8) is 0 Å². The molecule has 4 nitrogen and oxygen atoms in total. The van der Waals surface area contributed by atoms with Crippen molar-refractivity contribution in [2.24, 2.45) is 5.92 Å². The van der Waals surface area contributed by atoms with Crippen LogP contribution in [0.4, 0.5) is 10.5 Å². The number of hydrogen-bond acceptors (Lipinski definition) is 3. The van der Waals surface area contributed by atoms with Gasteiger partial charge in [-0.25, -0.2) is 4.79 Å². The van der Waals surface area contributed by atoms with Gasteiger partial charge >= 0.3 is 6.09 Å². The van der Waals surface area contributed by atoms with Crippen LogP contribution in [0.1, 0.15) is 19.4 Å². The van der Waals surface area contributed by atoms with Crippen LogP contribution in [0.25, 0.3) is 0 Å². The van der Waals surface area contributed by atoms with E-state index in [0.717, 1.165) is 5.56 Å². The summed E-state index contributed by atoms with van der Waals surface area (Å²) >= 11 is 0. The molecule has 0 saturated carbocycles. The van der Waals surface area contributed by atoms with E-state index in [1.807, 2.05) is 26.0 Å². The fourth-order valence-electron chi connectivity index (χ4n) is 1.28. The van der Waals surface area contributed by atoms with E-state index in [1.165, 1.54) is 0 Å². The Hall–Kier alpha value is -1.55. The zero-order valence-corrected chi connectivity index (χ0v) is 10.3. The summed E-state index contributed by atoms with van der Waals surface area (Å²) in [4.78, 5) is 11.4. The lowest BCUT2D eigenvalue weighted by molar-refractivity contribution is 0.147. The summed E-state index contributed by atoms with van der Waals surface area (Å²) in [6.07, 6.45) is 0.187. The second-order valence-corrected chi connectivity index (χ2v) is 4.29. The van der Waals surface area contributed by atoms with E-state index in [1.54, 1.807) is 12.1 Å². The second kappa shape index (κ2) is 6.91. The van der Waals surface area contributed by atoms with Crippen LogP contribution in [0, 0.1) is 5.92 Å². The van der Waals surface area contributed by atoms with Crippen LogP contribution in [0.2, 0.25) is 0 Å². The summed E-state index contributed by atoms with van der Waals surface area (Å²) in [5, 5.41) is 11.4. The first-order chi connectivity index (χ1) is 8.11. The number of hydrogen-bond donors (Lipinski definition) is 2. The maximum atomic E-state index is 11.4. The molecule has 2 N–H and O–H groups in total. The molecule has 1 rings (SSSR count). The van der Waals surface area contributed by atoms with E-state index in [-0.39, 0.29) is 6.61 Å². The number of aliphatic hydroxyl groups is 1. The first-order valence-electron chi connectivity index (χ1n) is 5.75. The topological polar surface area (TPSA) is 58.6 Å². The van der Waals surface area contributed by atoms with E-state index in [4.69, 9.17) is 9.84 Å². The van der Waals surface area contributed by atoms with Gasteiger partial charge in [-0.15, -0.1) is 0 Å². The number of carbonyl (C=O) groups excluding carboxylic acids is 1. The molecule has 17 heavy (non-hydrogen) atoms. The molecule has 0 aliphatic heterocycles. The lowest BCUT2D eigenvalue weighted by Crippen LogP contribution is -2.16. The van der Waals surface area contributed by atoms with Gasteiger partial charge in [-0.2, -0.15) is 0 Å². The third kappa shape index (κ3) is 5.36. The number of ether oxygens (including phenoxy) is 1. The van der Waals surface area contributed by atoms with Crippen molar-refractivity contribution in [3.8, 4) is 0 Å². The Balaban J connectivity index is 2.43. The van der Waals surface area contributed by atoms with Gasteiger partial charge in [-0.3, -0.25) is 5.32 Å². The minimum atomic E-state index is -0.436. The highest BCUT2D eigenvalue weighted by Crippen LogP contribution is 2.10. The van der Waals surface area contributed by atoms with Gasteiger partial charge in [0.1, 0.15) is 0 Å². The van der Waals surface area contributed by atoms with Gasteiger partial charge in [0.2, 0.25) is 0 Å². The van der Waals surface area contributed by atoms with E-state index in [2.05, 4.69) is 5.32 Å². The van der Waals surface area contributed by atoms with Crippen LogP contribution < -0.4 is 5.32 Å². The molecule has 1 amide bonds. The molecule has 0 unspecified atom stereocenters. The third-order valence-electron chi connectivity index (χ3n) is 2.15. The van der Waals surface area contributed by atoms with Gasteiger partial charge in [0.25, 0.3) is 0 Å². The zero-order valence-electron chi connectivity index (χ0n) is 10.3. The smallest absolute Gasteiger partial charge is 0.411 e. The Morgan fingerprint density at radius 1 is 1.35 bits per heavy atom. The molecule has 0 radical (unpaired) electrons. The molecule has 0 bridgehead atoms. The SMILES string of the molecule is CC(C)COC(=O)Nc1ccc(CCO)cc1. The normalized spacial score (nSPS) is 10.4. The lowest BCUT2D eigenvalue weighted by Gasteiger charge is -2.09. The van der Waals surface area contributed by atoms with Crippen molar-refractivity contribution in [2.45, 2.75) is 20.3 Å².